The van der Waals surface area contributed by atoms with Crippen molar-refractivity contribution in [1.82, 2.24) is 10.3 Å². The van der Waals surface area contributed by atoms with E-state index >= 15 is 0 Å². The number of aromatic nitrogens is 1. The second kappa shape index (κ2) is 7.32. The van der Waals surface area contributed by atoms with Crippen LogP contribution in [-0.4, -0.2) is 23.3 Å². The monoisotopic (exact) mass is 377 g/mol. The number of carbonyl (C=O) groups is 2. The van der Waals surface area contributed by atoms with Crippen molar-refractivity contribution < 1.29 is 9.59 Å². The van der Waals surface area contributed by atoms with E-state index in [0.29, 0.717) is 24.9 Å². The molecule has 0 atom stereocenters. The van der Waals surface area contributed by atoms with Gasteiger partial charge >= 0.3 is 0 Å². The summed E-state index contributed by atoms with van der Waals surface area (Å²) in [5.41, 5.74) is 5.56. The van der Waals surface area contributed by atoms with Crippen LogP contribution >= 0.6 is 11.3 Å². The minimum Gasteiger partial charge on any atom is -0.352 e. The summed E-state index contributed by atoms with van der Waals surface area (Å²) < 4.78 is 0. The molecule has 5 nitrogen and oxygen atoms in total. The number of nitrogens with zero attached hydrogens (tertiary/aromatic N) is 1. The van der Waals surface area contributed by atoms with E-state index in [4.69, 9.17) is 0 Å². The summed E-state index contributed by atoms with van der Waals surface area (Å²) in [6.45, 7) is 2.52. The lowest BCUT2D eigenvalue weighted by Crippen LogP contribution is -2.25. The number of carbonyl (C=O) groups excluding carboxylic acids is 2. The Morgan fingerprint density at radius 1 is 1.26 bits per heavy atom. The van der Waals surface area contributed by atoms with Gasteiger partial charge in [0.05, 0.1) is 17.1 Å². The van der Waals surface area contributed by atoms with E-state index in [1.54, 1.807) is 11.3 Å². The Morgan fingerprint density at radius 3 is 3.00 bits per heavy atom. The van der Waals surface area contributed by atoms with Crippen LogP contribution in [0.4, 0.5) is 5.69 Å². The number of thiazole rings is 1. The van der Waals surface area contributed by atoms with Crippen LogP contribution in [0.3, 0.4) is 0 Å². The highest BCUT2D eigenvalue weighted by Gasteiger charge is 2.18. The van der Waals surface area contributed by atoms with Crippen molar-refractivity contribution >= 4 is 28.8 Å². The lowest BCUT2D eigenvalue weighted by atomic mass is 10.1. The van der Waals surface area contributed by atoms with Crippen molar-refractivity contribution in [3.8, 4) is 11.3 Å². The van der Waals surface area contributed by atoms with Gasteiger partial charge in [0, 0.05) is 35.2 Å². The largest absolute Gasteiger partial charge is 0.352 e. The summed E-state index contributed by atoms with van der Waals surface area (Å²) in [6, 6.07) is 13.5. The molecular weight excluding hydrogens is 358 g/mol. The van der Waals surface area contributed by atoms with Gasteiger partial charge in [-0.1, -0.05) is 23.8 Å². The number of rotatable bonds is 5. The van der Waals surface area contributed by atoms with Gasteiger partial charge in [0.15, 0.2) is 0 Å². The summed E-state index contributed by atoms with van der Waals surface area (Å²) in [5.74, 6) is -0.0308. The molecule has 0 saturated carbocycles. The average molecular weight is 377 g/mol. The summed E-state index contributed by atoms with van der Waals surface area (Å²) in [6.07, 6.45) is 1.11. The summed E-state index contributed by atoms with van der Waals surface area (Å²) >= 11 is 1.58. The molecule has 2 heterocycles. The first-order chi connectivity index (χ1) is 13.1. The third-order valence-corrected chi connectivity index (χ3v) is 5.39. The molecule has 0 spiro atoms. The highest BCUT2D eigenvalue weighted by Crippen LogP contribution is 2.29. The molecule has 2 N–H and O–H groups in total. The number of amides is 2. The van der Waals surface area contributed by atoms with Crippen LogP contribution in [0.2, 0.25) is 0 Å². The molecule has 4 rings (SSSR count). The second-order valence-electron chi connectivity index (χ2n) is 6.60. The zero-order valence-electron chi connectivity index (χ0n) is 14.9. The van der Waals surface area contributed by atoms with Crippen LogP contribution in [0.1, 0.15) is 26.5 Å². The van der Waals surface area contributed by atoms with Crippen molar-refractivity contribution in [3.63, 3.8) is 0 Å². The molecule has 1 aromatic heterocycles. The van der Waals surface area contributed by atoms with Crippen molar-refractivity contribution in [2.24, 2.45) is 0 Å². The van der Waals surface area contributed by atoms with Gasteiger partial charge in [0.2, 0.25) is 5.91 Å². The third kappa shape index (κ3) is 3.90. The zero-order valence-corrected chi connectivity index (χ0v) is 15.7. The molecule has 2 aromatic carbocycles. The molecule has 0 unspecified atom stereocenters. The summed E-state index contributed by atoms with van der Waals surface area (Å²) in [5, 5.41) is 8.78. The maximum atomic E-state index is 12.2. The van der Waals surface area contributed by atoms with Gasteiger partial charge in [-0.25, -0.2) is 4.98 Å². The number of aryl methyl sites for hydroxylation is 1. The number of hydrogen-bond acceptors (Lipinski definition) is 4. The number of hydrogen-bond donors (Lipinski definition) is 2. The minimum atomic E-state index is -0.0636. The molecule has 1 aliphatic heterocycles. The molecule has 0 saturated heterocycles. The Bertz CT molecular complexity index is 1030. The SMILES string of the molecule is Cc1cccc(C(=O)NCCc2nc(-c3ccc4c(c3)CC(=O)N4)cs2)c1. The maximum Gasteiger partial charge on any atom is 0.251 e. The predicted molar refractivity (Wildman–Crippen MR) is 107 cm³/mol. The number of benzene rings is 2. The van der Waals surface area contributed by atoms with Gasteiger partial charge in [-0.15, -0.1) is 11.3 Å². The molecule has 0 fully saturated rings. The van der Waals surface area contributed by atoms with Crippen molar-refractivity contribution in [2.45, 2.75) is 19.8 Å². The van der Waals surface area contributed by atoms with Gasteiger partial charge in [0.1, 0.15) is 0 Å². The molecule has 2 amide bonds. The van der Waals surface area contributed by atoms with Gasteiger partial charge in [-0.05, 0) is 36.8 Å². The Balaban J connectivity index is 1.37. The number of anilines is 1. The molecule has 1 aliphatic rings. The molecule has 0 aliphatic carbocycles. The van der Waals surface area contributed by atoms with Gasteiger partial charge in [-0.2, -0.15) is 0 Å². The van der Waals surface area contributed by atoms with Gasteiger partial charge in [0.25, 0.3) is 5.91 Å². The zero-order chi connectivity index (χ0) is 18.8. The van der Waals surface area contributed by atoms with Crippen LogP contribution in [-0.2, 0) is 17.6 Å². The quantitative estimate of drug-likeness (QED) is 0.714. The Hall–Kier alpha value is -2.99. The fraction of sp³-hybridized carbons (Fsp3) is 0.190. The fourth-order valence-electron chi connectivity index (χ4n) is 3.12. The Morgan fingerprint density at radius 2 is 2.15 bits per heavy atom. The van der Waals surface area contributed by atoms with Gasteiger partial charge in [-0.3, -0.25) is 9.59 Å². The van der Waals surface area contributed by atoms with Crippen molar-refractivity contribution in [2.75, 3.05) is 11.9 Å². The molecule has 6 heteroatoms. The molecule has 136 valence electrons. The predicted octanol–water partition coefficient (Wildman–Crippen LogP) is 3.59. The maximum absolute atomic E-state index is 12.2. The topological polar surface area (TPSA) is 71.1 Å². The Kier molecular flexibility index (Phi) is 4.73. The van der Waals surface area contributed by atoms with E-state index in [0.717, 1.165) is 33.1 Å². The highest BCUT2D eigenvalue weighted by atomic mass is 32.1. The van der Waals surface area contributed by atoms with E-state index in [9.17, 15) is 9.59 Å². The highest BCUT2D eigenvalue weighted by molar-refractivity contribution is 7.09. The fourth-order valence-corrected chi connectivity index (χ4v) is 3.93. The lowest BCUT2D eigenvalue weighted by Gasteiger charge is -2.04. The smallest absolute Gasteiger partial charge is 0.251 e. The van der Waals surface area contributed by atoms with E-state index in [1.165, 1.54) is 0 Å². The number of fused-ring (bicyclic) bond motifs is 1. The van der Waals surface area contributed by atoms with Crippen LogP contribution in [0, 0.1) is 6.92 Å². The van der Waals surface area contributed by atoms with Crippen LogP contribution in [0.5, 0.6) is 0 Å². The van der Waals surface area contributed by atoms with E-state index < -0.39 is 0 Å². The number of nitrogens with one attached hydrogen (secondary N) is 2. The normalized spacial score (nSPS) is 12.6. The van der Waals surface area contributed by atoms with E-state index in [-0.39, 0.29) is 11.8 Å². The van der Waals surface area contributed by atoms with Crippen LogP contribution in [0.15, 0.2) is 47.8 Å². The third-order valence-electron chi connectivity index (χ3n) is 4.48. The Labute approximate surface area is 161 Å². The second-order valence-corrected chi connectivity index (χ2v) is 7.54. The van der Waals surface area contributed by atoms with Crippen LogP contribution in [0.25, 0.3) is 11.3 Å². The van der Waals surface area contributed by atoms with Crippen molar-refractivity contribution in [3.05, 3.63) is 69.5 Å². The van der Waals surface area contributed by atoms with E-state index in [2.05, 4.69) is 15.6 Å². The molecular formula is C21H19N3O2S. The molecule has 27 heavy (non-hydrogen) atoms. The molecule has 3 aromatic rings. The first-order valence-corrected chi connectivity index (χ1v) is 9.69. The summed E-state index contributed by atoms with van der Waals surface area (Å²) in [4.78, 5) is 28.3. The van der Waals surface area contributed by atoms with Gasteiger partial charge < -0.3 is 10.6 Å². The lowest BCUT2D eigenvalue weighted by molar-refractivity contribution is -0.115. The first-order valence-electron chi connectivity index (χ1n) is 8.81. The first kappa shape index (κ1) is 17.4. The standard InChI is InChI=1S/C21H19N3O2S/c1-13-3-2-4-15(9-13)21(26)22-8-7-20-24-18(12-27-20)14-5-6-17-16(10-14)11-19(25)23-17/h2-6,9-10,12H,7-8,11H2,1H3,(H,22,26)(H,23,25). The van der Waals surface area contributed by atoms with E-state index in [1.807, 2.05) is 54.8 Å². The minimum absolute atomic E-state index is 0.0328. The summed E-state index contributed by atoms with van der Waals surface area (Å²) in [7, 11) is 0. The van der Waals surface area contributed by atoms with Crippen LogP contribution < -0.4 is 10.6 Å². The average Bonchev–Trinajstić information content (AvgIpc) is 3.26. The molecule has 0 radical (unpaired) electrons. The molecule has 0 bridgehead atoms. The van der Waals surface area contributed by atoms with Crippen molar-refractivity contribution in [1.29, 1.82) is 0 Å².